The van der Waals surface area contributed by atoms with Crippen LogP contribution in [0.4, 0.5) is 0 Å². The van der Waals surface area contributed by atoms with E-state index in [9.17, 15) is 5.11 Å². The van der Waals surface area contributed by atoms with Crippen molar-refractivity contribution in [3.63, 3.8) is 0 Å². The molecule has 0 spiro atoms. The van der Waals surface area contributed by atoms with Crippen molar-refractivity contribution in [3.05, 3.63) is 35.9 Å². The summed E-state index contributed by atoms with van der Waals surface area (Å²) in [5.41, 5.74) is 2.39. The van der Waals surface area contributed by atoms with Crippen molar-refractivity contribution in [3.8, 4) is 5.75 Å². The predicted octanol–water partition coefficient (Wildman–Crippen LogP) is 3.42. The van der Waals surface area contributed by atoms with Gasteiger partial charge in [0.25, 0.3) is 0 Å². The summed E-state index contributed by atoms with van der Waals surface area (Å²) in [7, 11) is 4.15. The third-order valence-electron chi connectivity index (χ3n) is 2.66. The molecular formula is C14H22ClNO. The first kappa shape index (κ1) is 16.0. The number of nitrogens with zero attached hydrogens (tertiary/aromatic N) is 1. The summed E-state index contributed by atoms with van der Waals surface area (Å²) in [4.78, 5) is 2.18. The zero-order valence-corrected chi connectivity index (χ0v) is 11.8. The minimum Gasteiger partial charge on any atom is -0.508 e. The van der Waals surface area contributed by atoms with Gasteiger partial charge in [0.05, 0.1) is 0 Å². The van der Waals surface area contributed by atoms with Gasteiger partial charge in [0.15, 0.2) is 0 Å². The molecule has 1 rings (SSSR count). The van der Waals surface area contributed by atoms with Gasteiger partial charge in [0.2, 0.25) is 0 Å². The lowest BCUT2D eigenvalue weighted by Gasteiger charge is -2.20. The van der Waals surface area contributed by atoms with E-state index >= 15 is 0 Å². The molecule has 0 bridgehead atoms. The van der Waals surface area contributed by atoms with Crippen LogP contribution in [-0.2, 0) is 0 Å². The SMILES string of the molecule is C/C=C(/c1cccc(O)c1)[C@@H](C)CN(C)C.Cl. The van der Waals surface area contributed by atoms with Gasteiger partial charge in [-0.2, -0.15) is 0 Å². The van der Waals surface area contributed by atoms with Crippen LogP contribution in [0.3, 0.4) is 0 Å². The van der Waals surface area contributed by atoms with Crippen molar-refractivity contribution in [1.29, 1.82) is 0 Å². The van der Waals surface area contributed by atoms with Gasteiger partial charge in [-0.3, -0.25) is 0 Å². The molecule has 1 atom stereocenters. The largest absolute Gasteiger partial charge is 0.508 e. The molecule has 0 saturated heterocycles. The fourth-order valence-corrected chi connectivity index (χ4v) is 2.07. The van der Waals surface area contributed by atoms with Crippen LogP contribution in [0.15, 0.2) is 30.3 Å². The molecule has 0 radical (unpaired) electrons. The van der Waals surface area contributed by atoms with E-state index in [1.165, 1.54) is 5.57 Å². The lowest BCUT2D eigenvalue weighted by molar-refractivity contribution is 0.376. The fraction of sp³-hybridized carbons (Fsp3) is 0.429. The molecule has 0 aromatic heterocycles. The summed E-state index contributed by atoms with van der Waals surface area (Å²) in [5.74, 6) is 0.788. The average molecular weight is 256 g/mol. The smallest absolute Gasteiger partial charge is 0.116 e. The second-order valence-corrected chi connectivity index (χ2v) is 4.46. The van der Waals surface area contributed by atoms with Crippen LogP contribution in [0.25, 0.3) is 5.57 Å². The summed E-state index contributed by atoms with van der Waals surface area (Å²) >= 11 is 0. The molecule has 0 saturated carbocycles. The molecule has 0 fully saturated rings. The van der Waals surface area contributed by atoms with Crippen molar-refractivity contribution in [2.45, 2.75) is 13.8 Å². The van der Waals surface area contributed by atoms with Crippen LogP contribution in [0.2, 0.25) is 0 Å². The Morgan fingerprint density at radius 2 is 2.06 bits per heavy atom. The summed E-state index contributed by atoms with van der Waals surface area (Å²) in [5, 5.41) is 9.48. The van der Waals surface area contributed by atoms with Gasteiger partial charge in [0, 0.05) is 6.54 Å². The minimum absolute atomic E-state index is 0. The van der Waals surface area contributed by atoms with Crippen LogP contribution >= 0.6 is 12.4 Å². The Kier molecular flexibility index (Phi) is 6.93. The Labute approximate surface area is 110 Å². The average Bonchev–Trinajstić information content (AvgIpc) is 2.17. The van der Waals surface area contributed by atoms with Gasteiger partial charge in [0.1, 0.15) is 5.75 Å². The van der Waals surface area contributed by atoms with Crippen molar-refractivity contribution in [1.82, 2.24) is 4.90 Å². The summed E-state index contributed by atoms with van der Waals surface area (Å²) in [6.45, 7) is 5.26. The van der Waals surface area contributed by atoms with Gasteiger partial charge < -0.3 is 10.0 Å². The number of hydrogen-bond acceptors (Lipinski definition) is 2. The first-order chi connectivity index (χ1) is 7.54. The second-order valence-electron chi connectivity index (χ2n) is 4.46. The lowest BCUT2D eigenvalue weighted by atomic mass is 9.93. The standard InChI is InChI=1S/C14H21NO.ClH/c1-5-14(11(2)10-15(3)4)12-7-6-8-13(16)9-12;/h5-9,11,16H,10H2,1-4H3;1H/b14-5+;/t11-;/m0./s1. The normalized spacial score (nSPS) is 13.4. The third kappa shape index (κ3) is 4.80. The number of halogens is 1. The first-order valence-electron chi connectivity index (χ1n) is 5.65. The number of hydrogen-bond donors (Lipinski definition) is 1. The van der Waals surface area contributed by atoms with Gasteiger partial charge in [-0.15, -0.1) is 12.4 Å². The monoisotopic (exact) mass is 255 g/mol. The number of rotatable bonds is 4. The molecule has 1 N–H and O–H groups in total. The summed E-state index contributed by atoms with van der Waals surface area (Å²) in [6, 6.07) is 7.45. The minimum atomic E-state index is 0. The van der Waals surface area contributed by atoms with Crippen LogP contribution in [0.1, 0.15) is 19.4 Å². The lowest BCUT2D eigenvalue weighted by Crippen LogP contribution is -2.20. The van der Waals surface area contributed by atoms with Crippen molar-refractivity contribution < 1.29 is 5.11 Å². The third-order valence-corrected chi connectivity index (χ3v) is 2.66. The van der Waals surface area contributed by atoms with Crippen molar-refractivity contribution >= 4 is 18.0 Å². The molecule has 0 unspecified atom stereocenters. The van der Waals surface area contributed by atoms with Gasteiger partial charge in [-0.05, 0) is 50.2 Å². The van der Waals surface area contributed by atoms with Crippen LogP contribution in [0, 0.1) is 5.92 Å². The Balaban J connectivity index is 0.00000256. The number of benzene rings is 1. The Morgan fingerprint density at radius 1 is 1.41 bits per heavy atom. The van der Waals surface area contributed by atoms with Crippen molar-refractivity contribution in [2.75, 3.05) is 20.6 Å². The first-order valence-corrected chi connectivity index (χ1v) is 5.65. The maximum atomic E-state index is 9.48. The molecule has 96 valence electrons. The van der Waals surface area contributed by atoms with E-state index in [0.29, 0.717) is 11.7 Å². The molecule has 2 nitrogen and oxygen atoms in total. The molecule has 0 aliphatic rings. The highest BCUT2D eigenvalue weighted by atomic mass is 35.5. The van der Waals surface area contributed by atoms with Crippen LogP contribution in [-0.4, -0.2) is 30.6 Å². The quantitative estimate of drug-likeness (QED) is 0.891. The van der Waals surface area contributed by atoms with E-state index < -0.39 is 0 Å². The number of phenolic OH excluding ortho intramolecular Hbond substituents is 1. The van der Waals surface area contributed by atoms with Crippen LogP contribution in [0.5, 0.6) is 5.75 Å². The second kappa shape index (κ2) is 7.36. The maximum absolute atomic E-state index is 9.48. The zero-order chi connectivity index (χ0) is 12.1. The molecule has 0 heterocycles. The highest BCUT2D eigenvalue weighted by Gasteiger charge is 2.11. The van der Waals surface area contributed by atoms with Crippen molar-refractivity contribution in [2.24, 2.45) is 5.92 Å². The molecule has 0 aliphatic carbocycles. The highest BCUT2D eigenvalue weighted by Crippen LogP contribution is 2.26. The highest BCUT2D eigenvalue weighted by molar-refractivity contribution is 5.85. The molecule has 0 amide bonds. The molecule has 0 aliphatic heterocycles. The van der Waals surface area contributed by atoms with E-state index in [4.69, 9.17) is 0 Å². The predicted molar refractivity (Wildman–Crippen MR) is 76.7 cm³/mol. The molecule has 3 heteroatoms. The maximum Gasteiger partial charge on any atom is 0.116 e. The number of aromatic hydroxyl groups is 1. The molecule has 17 heavy (non-hydrogen) atoms. The fourth-order valence-electron chi connectivity index (χ4n) is 2.07. The van der Waals surface area contributed by atoms with Gasteiger partial charge in [-0.1, -0.05) is 25.1 Å². The van der Waals surface area contributed by atoms with E-state index in [1.54, 1.807) is 6.07 Å². The van der Waals surface area contributed by atoms with E-state index in [2.05, 4.69) is 32.0 Å². The molecule has 1 aromatic rings. The Morgan fingerprint density at radius 3 is 2.53 bits per heavy atom. The summed E-state index contributed by atoms with van der Waals surface area (Å²) < 4.78 is 0. The van der Waals surface area contributed by atoms with E-state index in [1.807, 2.05) is 25.1 Å². The van der Waals surface area contributed by atoms with E-state index in [-0.39, 0.29) is 12.4 Å². The molecular weight excluding hydrogens is 234 g/mol. The van der Waals surface area contributed by atoms with Gasteiger partial charge >= 0.3 is 0 Å². The Bertz CT molecular complexity index is 374. The van der Waals surface area contributed by atoms with Crippen LogP contribution < -0.4 is 0 Å². The number of phenols is 1. The molecule has 1 aromatic carbocycles. The summed E-state index contributed by atoms with van der Waals surface area (Å²) in [6.07, 6.45) is 2.13. The van der Waals surface area contributed by atoms with E-state index in [0.717, 1.165) is 12.1 Å². The van der Waals surface area contributed by atoms with Gasteiger partial charge in [-0.25, -0.2) is 0 Å². The topological polar surface area (TPSA) is 23.5 Å². The number of allylic oxidation sites excluding steroid dienone is 1. The zero-order valence-electron chi connectivity index (χ0n) is 11.0. The Hall–Kier alpha value is -0.990.